The predicted octanol–water partition coefficient (Wildman–Crippen LogP) is -0.796. The van der Waals surface area contributed by atoms with E-state index in [4.69, 9.17) is 5.11 Å². The fourth-order valence-electron chi connectivity index (χ4n) is 1.09. The van der Waals surface area contributed by atoms with Gasteiger partial charge >= 0.3 is 0 Å². The van der Waals surface area contributed by atoms with Crippen molar-refractivity contribution in [1.82, 2.24) is 0 Å². The summed E-state index contributed by atoms with van der Waals surface area (Å²) in [5, 5.41) is 26.9. The third kappa shape index (κ3) is 1.29. The summed E-state index contributed by atoms with van der Waals surface area (Å²) in [6.45, 7) is 1.78. The molecule has 0 bridgehead atoms. The molecule has 0 aromatic heterocycles. The van der Waals surface area contributed by atoms with E-state index < -0.39 is 12.2 Å². The molecule has 60 valence electrons. The highest BCUT2D eigenvalue weighted by atomic mass is 32.2. The summed E-state index contributed by atoms with van der Waals surface area (Å²) in [5.41, 5.74) is 0. The van der Waals surface area contributed by atoms with Gasteiger partial charge in [0.15, 0.2) is 0 Å². The number of hydrogen-bond acceptors (Lipinski definition) is 4. The van der Waals surface area contributed by atoms with E-state index in [9.17, 15) is 10.2 Å². The molecule has 0 spiro atoms. The van der Waals surface area contributed by atoms with Crippen LogP contribution in [0.25, 0.3) is 0 Å². The first-order chi connectivity index (χ1) is 4.66. The average Bonchev–Trinajstić information content (AvgIpc) is 2.17. The molecule has 4 heteroatoms. The number of thioether (sulfide) groups is 1. The maximum atomic E-state index is 9.20. The molecular weight excluding hydrogens is 152 g/mol. The second-order valence-electron chi connectivity index (χ2n) is 2.54. The maximum absolute atomic E-state index is 9.20. The van der Waals surface area contributed by atoms with Crippen molar-refractivity contribution in [2.45, 2.75) is 29.6 Å². The van der Waals surface area contributed by atoms with Crippen molar-refractivity contribution < 1.29 is 15.3 Å². The van der Waals surface area contributed by atoms with Crippen molar-refractivity contribution in [3.8, 4) is 0 Å². The van der Waals surface area contributed by atoms with Crippen molar-refractivity contribution in [3.63, 3.8) is 0 Å². The van der Waals surface area contributed by atoms with Gasteiger partial charge in [-0.3, -0.25) is 0 Å². The summed E-state index contributed by atoms with van der Waals surface area (Å²) < 4.78 is 0. The van der Waals surface area contributed by atoms with Crippen LogP contribution >= 0.6 is 11.8 Å². The van der Waals surface area contributed by atoms with Crippen LogP contribution in [0.1, 0.15) is 6.92 Å². The predicted molar refractivity (Wildman–Crippen MR) is 39.9 cm³/mol. The van der Waals surface area contributed by atoms with Crippen molar-refractivity contribution in [1.29, 1.82) is 0 Å². The third-order valence-electron chi connectivity index (χ3n) is 1.78. The zero-order chi connectivity index (χ0) is 7.72. The smallest absolute Gasteiger partial charge is 0.0950 e. The van der Waals surface area contributed by atoms with Crippen LogP contribution in [-0.2, 0) is 0 Å². The molecular formula is C6H12O3S. The highest BCUT2D eigenvalue weighted by Crippen LogP contribution is 2.33. The largest absolute Gasteiger partial charge is 0.395 e. The molecule has 1 aliphatic heterocycles. The van der Waals surface area contributed by atoms with Gasteiger partial charge in [-0.05, 0) is 0 Å². The Kier molecular flexibility index (Phi) is 2.57. The van der Waals surface area contributed by atoms with Gasteiger partial charge in [-0.1, -0.05) is 6.92 Å². The summed E-state index contributed by atoms with van der Waals surface area (Å²) in [4.78, 5) is 0. The standard InChI is InChI=1S/C6H12O3S/c1-3-5(8)6(9)4(2-7)10-3/h3-9H,2H2,1H3/t3-,4+,5+,6?/m0/s1. The first-order valence-corrected chi connectivity index (χ1v) is 4.23. The van der Waals surface area contributed by atoms with E-state index in [2.05, 4.69) is 0 Å². The number of hydrogen-bond donors (Lipinski definition) is 3. The van der Waals surface area contributed by atoms with Crippen molar-refractivity contribution in [2.24, 2.45) is 0 Å². The number of aliphatic hydroxyl groups is 3. The molecule has 3 N–H and O–H groups in total. The van der Waals surface area contributed by atoms with E-state index >= 15 is 0 Å². The number of aliphatic hydroxyl groups excluding tert-OH is 3. The van der Waals surface area contributed by atoms with Crippen molar-refractivity contribution in [3.05, 3.63) is 0 Å². The van der Waals surface area contributed by atoms with Gasteiger partial charge in [-0.25, -0.2) is 0 Å². The zero-order valence-electron chi connectivity index (χ0n) is 5.77. The minimum Gasteiger partial charge on any atom is -0.395 e. The summed E-state index contributed by atoms with van der Waals surface area (Å²) in [6, 6.07) is 0. The Morgan fingerprint density at radius 3 is 2.10 bits per heavy atom. The quantitative estimate of drug-likeness (QED) is 0.475. The fourth-order valence-corrected chi connectivity index (χ4v) is 2.37. The summed E-state index contributed by atoms with van der Waals surface area (Å²) in [7, 11) is 0. The Morgan fingerprint density at radius 1 is 1.30 bits per heavy atom. The van der Waals surface area contributed by atoms with Crippen molar-refractivity contribution >= 4 is 11.8 Å². The Bertz CT molecular complexity index is 120. The van der Waals surface area contributed by atoms with Crippen LogP contribution in [0, 0.1) is 0 Å². The minimum atomic E-state index is -0.759. The molecule has 1 rings (SSSR count). The molecule has 1 heterocycles. The second-order valence-corrected chi connectivity index (χ2v) is 4.16. The van der Waals surface area contributed by atoms with E-state index in [-0.39, 0.29) is 17.1 Å². The Balaban J connectivity index is 2.53. The molecule has 0 radical (unpaired) electrons. The normalized spacial score (nSPS) is 48.0. The lowest BCUT2D eigenvalue weighted by Crippen LogP contribution is -2.32. The van der Waals surface area contributed by atoms with Crippen LogP contribution in [0.5, 0.6) is 0 Å². The van der Waals surface area contributed by atoms with E-state index in [0.717, 1.165) is 0 Å². The van der Waals surface area contributed by atoms with Gasteiger partial charge in [-0.2, -0.15) is 0 Å². The molecule has 1 saturated heterocycles. The lowest BCUT2D eigenvalue weighted by molar-refractivity contribution is 0.0221. The number of rotatable bonds is 1. The highest BCUT2D eigenvalue weighted by molar-refractivity contribution is 8.00. The van der Waals surface area contributed by atoms with Gasteiger partial charge in [0.25, 0.3) is 0 Å². The molecule has 1 aliphatic rings. The molecule has 1 fully saturated rings. The Labute approximate surface area is 64.1 Å². The average molecular weight is 164 g/mol. The monoisotopic (exact) mass is 164 g/mol. The Morgan fingerprint density at radius 2 is 1.90 bits per heavy atom. The molecule has 0 amide bonds. The first kappa shape index (κ1) is 8.33. The lowest BCUT2D eigenvalue weighted by Gasteiger charge is -2.11. The second kappa shape index (κ2) is 3.09. The highest BCUT2D eigenvalue weighted by Gasteiger charge is 2.38. The van der Waals surface area contributed by atoms with Crippen LogP contribution in [0.3, 0.4) is 0 Å². The molecule has 0 aromatic rings. The van der Waals surface area contributed by atoms with Gasteiger partial charge in [0.05, 0.1) is 24.1 Å². The SMILES string of the molecule is C[C@@H]1S[C@H](CO)C(O)[C@@H]1O. The van der Waals surface area contributed by atoms with Crippen LogP contribution in [0.2, 0.25) is 0 Å². The van der Waals surface area contributed by atoms with Crippen molar-refractivity contribution in [2.75, 3.05) is 6.61 Å². The summed E-state index contributed by atoms with van der Waals surface area (Å²) >= 11 is 1.43. The summed E-state index contributed by atoms with van der Waals surface area (Å²) in [6.07, 6.45) is -1.44. The van der Waals surface area contributed by atoms with E-state index in [1.54, 1.807) is 0 Å². The van der Waals surface area contributed by atoms with Gasteiger partial charge in [-0.15, -0.1) is 11.8 Å². The molecule has 1 unspecified atom stereocenters. The van der Waals surface area contributed by atoms with Crippen LogP contribution in [-0.4, -0.2) is 44.6 Å². The molecule has 4 atom stereocenters. The van der Waals surface area contributed by atoms with E-state index in [0.29, 0.717) is 0 Å². The fraction of sp³-hybridized carbons (Fsp3) is 1.00. The molecule has 3 nitrogen and oxygen atoms in total. The van der Waals surface area contributed by atoms with Crippen LogP contribution in [0.4, 0.5) is 0 Å². The third-order valence-corrected chi connectivity index (χ3v) is 3.27. The topological polar surface area (TPSA) is 60.7 Å². The summed E-state index contributed by atoms with van der Waals surface area (Å²) in [5.74, 6) is 0. The van der Waals surface area contributed by atoms with Crippen LogP contribution < -0.4 is 0 Å². The Hall–Kier alpha value is 0.230. The molecule has 0 aromatic carbocycles. The van der Waals surface area contributed by atoms with Gasteiger partial charge < -0.3 is 15.3 Å². The molecule has 10 heavy (non-hydrogen) atoms. The van der Waals surface area contributed by atoms with Gasteiger partial charge in [0, 0.05) is 5.25 Å². The van der Waals surface area contributed by atoms with E-state index in [1.165, 1.54) is 11.8 Å². The lowest BCUT2D eigenvalue weighted by atomic mass is 10.1. The van der Waals surface area contributed by atoms with Gasteiger partial charge in [0.2, 0.25) is 0 Å². The maximum Gasteiger partial charge on any atom is 0.0950 e. The molecule has 0 aliphatic carbocycles. The molecule has 0 saturated carbocycles. The van der Waals surface area contributed by atoms with E-state index in [1.807, 2.05) is 6.92 Å². The zero-order valence-corrected chi connectivity index (χ0v) is 6.58. The first-order valence-electron chi connectivity index (χ1n) is 3.29. The van der Waals surface area contributed by atoms with Gasteiger partial charge in [0.1, 0.15) is 0 Å². The minimum absolute atomic E-state index is 0.0344. The van der Waals surface area contributed by atoms with Crippen LogP contribution in [0.15, 0.2) is 0 Å².